The van der Waals surface area contributed by atoms with Gasteiger partial charge in [0.25, 0.3) is 0 Å². The highest BCUT2D eigenvalue weighted by molar-refractivity contribution is 6.20. The van der Waals surface area contributed by atoms with Crippen molar-refractivity contribution in [3.05, 3.63) is 48.2 Å². The van der Waals surface area contributed by atoms with Crippen LogP contribution >= 0.6 is 11.6 Å². The van der Waals surface area contributed by atoms with Crippen molar-refractivity contribution < 1.29 is 4.74 Å². The Morgan fingerprint density at radius 3 is 2.17 bits per heavy atom. The van der Waals surface area contributed by atoms with Crippen LogP contribution in [-0.2, 0) is 6.42 Å². The second-order valence-corrected chi connectivity index (χ2v) is 9.17. The van der Waals surface area contributed by atoms with Crippen LogP contribution in [0.1, 0.15) is 90.0 Å². The first-order chi connectivity index (χ1) is 14.7. The molecule has 3 heteroatoms. The summed E-state index contributed by atoms with van der Waals surface area (Å²) in [6.45, 7) is 5.06. The first kappa shape index (κ1) is 24.7. The van der Waals surface area contributed by atoms with Gasteiger partial charge in [-0.05, 0) is 74.9 Å². The molecule has 1 aromatic carbocycles. The number of aromatic nitrogens is 1. The number of aryl methyl sites for hydroxylation is 1. The monoisotopic (exact) mass is 429 g/mol. The van der Waals surface area contributed by atoms with Gasteiger partial charge in [-0.1, -0.05) is 57.9 Å². The van der Waals surface area contributed by atoms with Gasteiger partial charge in [-0.2, -0.15) is 0 Å². The van der Waals surface area contributed by atoms with Gasteiger partial charge in [0.1, 0.15) is 5.75 Å². The summed E-state index contributed by atoms with van der Waals surface area (Å²) in [4.78, 5) is 4.68. The number of hydrogen-bond donors (Lipinski definition) is 0. The fraction of sp³-hybridized carbons (Fsp3) is 0.593. The van der Waals surface area contributed by atoms with Gasteiger partial charge in [0.2, 0.25) is 0 Å². The number of unbranched alkanes of at least 4 members (excludes halogenated alkanes) is 8. The van der Waals surface area contributed by atoms with Crippen molar-refractivity contribution in [3.63, 3.8) is 0 Å². The van der Waals surface area contributed by atoms with Gasteiger partial charge >= 0.3 is 0 Å². The lowest BCUT2D eigenvalue weighted by Gasteiger charge is -2.08. The Kier molecular flexibility index (Phi) is 12.6. The van der Waals surface area contributed by atoms with E-state index in [9.17, 15) is 0 Å². The van der Waals surface area contributed by atoms with Crippen LogP contribution in [0.4, 0.5) is 0 Å². The zero-order chi connectivity index (χ0) is 21.4. The third-order valence-electron chi connectivity index (χ3n) is 5.56. The molecule has 0 radical (unpaired) electrons. The first-order valence-corrected chi connectivity index (χ1v) is 12.4. The summed E-state index contributed by atoms with van der Waals surface area (Å²) in [5.74, 6) is 0.920. The van der Waals surface area contributed by atoms with Crippen LogP contribution in [-0.4, -0.2) is 17.0 Å². The second-order valence-electron chi connectivity index (χ2n) is 8.43. The highest BCUT2D eigenvalue weighted by Crippen LogP contribution is 2.22. The van der Waals surface area contributed by atoms with Crippen molar-refractivity contribution in [3.8, 4) is 17.0 Å². The van der Waals surface area contributed by atoms with Crippen molar-refractivity contribution in [1.82, 2.24) is 4.98 Å². The molecular weight excluding hydrogens is 390 g/mol. The van der Waals surface area contributed by atoms with Crippen LogP contribution in [0.25, 0.3) is 11.3 Å². The lowest BCUT2D eigenvalue weighted by Crippen LogP contribution is -1.99. The van der Waals surface area contributed by atoms with Crippen molar-refractivity contribution >= 4 is 11.6 Å². The molecule has 0 aliphatic rings. The number of pyridine rings is 1. The Hall–Kier alpha value is -1.54. The van der Waals surface area contributed by atoms with E-state index >= 15 is 0 Å². The number of benzene rings is 1. The molecule has 0 spiro atoms. The molecule has 30 heavy (non-hydrogen) atoms. The molecule has 2 rings (SSSR count). The molecule has 1 heterocycles. The van der Waals surface area contributed by atoms with Gasteiger partial charge in [-0.25, -0.2) is 0 Å². The molecule has 0 bridgehead atoms. The second kappa shape index (κ2) is 15.3. The maximum atomic E-state index is 5.97. The van der Waals surface area contributed by atoms with Crippen LogP contribution in [0.2, 0.25) is 0 Å². The smallest absolute Gasteiger partial charge is 0.119 e. The average Bonchev–Trinajstić information content (AvgIpc) is 2.76. The summed E-state index contributed by atoms with van der Waals surface area (Å²) in [6.07, 6.45) is 17.3. The quantitative estimate of drug-likeness (QED) is 0.197. The van der Waals surface area contributed by atoms with E-state index in [0.717, 1.165) is 49.3 Å². The zero-order valence-corrected chi connectivity index (χ0v) is 19.8. The van der Waals surface area contributed by atoms with E-state index in [1.807, 2.05) is 25.3 Å². The van der Waals surface area contributed by atoms with Crippen molar-refractivity contribution in [2.75, 3.05) is 6.61 Å². The van der Waals surface area contributed by atoms with Gasteiger partial charge < -0.3 is 4.74 Å². The predicted molar refractivity (Wildman–Crippen MR) is 131 cm³/mol. The van der Waals surface area contributed by atoms with E-state index in [2.05, 4.69) is 36.2 Å². The van der Waals surface area contributed by atoms with Crippen molar-refractivity contribution in [2.45, 2.75) is 96.3 Å². The summed E-state index contributed by atoms with van der Waals surface area (Å²) < 4.78 is 5.83. The van der Waals surface area contributed by atoms with Crippen LogP contribution in [0.15, 0.2) is 42.6 Å². The van der Waals surface area contributed by atoms with Gasteiger partial charge in [-0.3, -0.25) is 4.98 Å². The lowest BCUT2D eigenvalue weighted by atomic mass is 10.0. The maximum Gasteiger partial charge on any atom is 0.119 e. The predicted octanol–water partition coefficient (Wildman–Crippen LogP) is 8.61. The molecule has 2 aromatic rings. The third-order valence-corrected chi connectivity index (χ3v) is 5.78. The Bertz CT molecular complexity index is 666. The SMILES string of the molecule is CCCCCCCCCCc1ccc(-c2ccc(OCCCCC(C)Cl)cc2)nc1. The Balaban J connectivity index is 1.66. The molecular formula is C27H40ClNO. The number of ether oxygens (including phenoxy) is 1. The molecule has 0 amide bonds. The van der Waals surface area contributed by atoms with Gasteiger partial charge in [0, 0.05) is 17.1 Å². The summed E-state index contributed by atoms with van der Waals surface area (Å²) in [5, 5.41) is 0.253. The van der Waals surface area contributed by atoms with Crippen molar-refractivity contribution in [1.29, 1.82) is 0 Å². The third kappa shape index (κ3) is 10.5. The first-order valence-electron chi connectivity index (χ1n) is 12.0. The van der Waals surface area contributed by atoms with E-state index in [0.29, 0.717) is 0 Å². The largest absolute Gasteiger partial charge is 0.494 e. The minimum absolute atomic E-state index is 0.253. The van der Waals surface area contributed by atoms with E-state index in [1.165, 1.54) is 56.9 Å². The number of halogens is 1. The highest BCUT2D eigenvalue weighted by Gasteiger charge is 2.02. The van der Waals surface area contributed by atoms with Crippen LogP contribution in [0.3, 0.4) is 0 Å². The highest BCUT2D eigenvalue weighted by atomic mass is 35.5. The van der Waals surface area contributed by atoms with E-state index in [1.54, 1.807) is 0 Å². The van der Waals surface area contributed by atoms with Crippen LogP contribution in [0, 0.1) is 0 Å². The standard InChI is InChI=1S/C27H40ClNO/c1-3-4-5-6-7-8-9-10-14-24-15-20-27(29-22-24)25-16-18-26(19-17-25)30-21-12-11-13-23(2)28/h15-20,22-23H,3-14,21H2,1-2H3. The number of rotatable bonds is 16. The molecule has 1 atom stereocenters. The summed E-state index contributed by atoms with van der Waals surface area (Å²) in [7, 11) is 0. The normalized spacial score (nSPS) is 12.1. The van der Waals surface area contributed by atoms with Gasteiger partial charge in [0.05, 0.1) is 12.3 Å². The minimum Gasteiger partial charge on any atom is -0.494 e. The number of nitrogens with zero attached hydrogens (tertiary/aromatic N) is 1. The molecule has 2 nitrogen and oxygen atoms in total. The molecule has 0 N–H and O–H groups in total. The molecule has 1 unspecified atom stereocenters. The lowest BCUT2D eigenvalue weighted by molar-refractivity contribution is 0.305. The molecule has 0 fully saturated rings. The fourth-order valence-electron chi connectivity index (χ4n) is 3.65. The summed E-state index contributed by atoms with van der Waals surface area (Å²) in [5.41, 5.74) is 3.50. The van der Waals surface area contributed by atoms with Crippen LogP contribution < -0.4 is 4.74 Å². The molecule has 0 saturated carbocycles. The maximum absolute atomic E-state index is 5.97. The molecule has 0 saturated heterocycles. The topological polar surface area (TPSA) is 22.1 Å². The van der Waals surface area contributed by atoms with Gasteiger partial charge in [0.15, 0.2) is 0 Å². The summed E-state index contributed by atoms with van der Waals surface area (Å²) >= 11 is 5.97. The molecule has 166 valence electrons. The zero-order valence-electron chi connectivity index (χ0n) is 19.0. The fourth-order valence-corrected chi connectivity index (χ4v) is 3.80. The van der Waals surface area contributed by atoms with E-state index < -0.39 is 0 Å². The summed E-state index contributed by atoms with van der Waals surface area (Å²) in [6, 6.07) is 12.6. The van der Waals surface area contributed by atoms with Gasteiger partial charge in [-0.15, -0.1) is 11.6 Å². The van der Waals surface area contributed by atoms with E-state index in [4.69, 9.17) is 16.3 Å². The average molecular weight is 430 g/mol. The minimum atomic E-state index is 0.253. The van der Waals surface area contributed by atoms with E-state index in [-0.39, 0.29) is 5.38 Å². The molecule has 1 aromatic heterocycles. The van der Waals surface area contributed by atoms with Crippen molar-refractivity contribution in [2.24, 2.45) is 0 Å². The Morgan fingerprint density at radius 2 is 1.53 bits per heavy atom. The molecule has 0 aliphatic heterocycles. The number of hydrogen-bond acceptors (Lipinski definition) is 2. The Labute approximate surface area is 189 Å². The number of alkyl halides is 1. The molecule has 0 aliphatic carbocycles. The van der Waals surface area contributed by atoms with Crippen LogP contribution in [0.5, 0.6) is 5.75 Å². The Morgan fingerprint density at radius 1 is 0.833 bits per heavy atom.